The number of carboxylic acids is 1. The first-order valence-corrected chi connectivity index (χ1v) is 2.88. The lowest BCUT2D eigenvalue weighted by atomic mass is 10.6. The Morgan fingerprint density at radius 2 is 1.83 bits per heavy atom. The second-order valence-electron chi connectivity index (χ2n) is 1.60. The van der Waals surface area contributed by atoms with E-state index in [9.17, 15) is 19.5 Å². The van der Waals surface area contributed by atoms with Crippen molar-refractivity contribution in [3.05, 3.63) is 0 Å². The average Bonchev–Trinajstić information content (AvgIpc) is 1.87. The third-order valence-electron chi connectivity index (χ3n) is 0.750. The van der Waals surface area contributed by atoms with Gasteiger partial charge in [-0.1, -0.05) is 0 Å². The van der Waals surface area contributed by atoms with Crippen molar-refractivity contribution in [2.24, 2.45) is 0 Å². The lowest BCUT2D eigenvalue weighted by Crippen LogP contribution is -2.47. The smallest absolute Gasteiger partial charge is 0.321 e. The van der Waals surface area contributed by atoms with Gasteiger partial charge < -0.3 is 21.4 Å². The Morgan fingerprint density at radius 1 is 1.33 bits per heavy atom. The van der Waals surface area contributed by atoms with E-state index >= 15 is 0 Å². The van der Waals surface area contributed by atoms with Crippen molar-refractivity contribution in [3.8, 4) is 0 Å². The number of aliphatic carboxylic acids is 1. The van der Waals surface area contributed by atoms with E-state index in [2.05, 4.69) is 5.32 Å². The Balaban J connectivity index is 0. The molecule has 12 heavy (non-hydrogen) atoms. The highest BCUT2D eigenvalue weighted by Crippen LogP contribution is 1.65. The molecule has 0 saturated heterocycles. The first-order valence-electron chi connectivity index (χ1n) is 2.88. The summed E-state index contributed by atoms with van der Waals surface area (Å²) in [5.41, 5.74) is 0. The molecule has 0 aromatic heterocycles. The highest BCUT2D eigenvalue weighted by molar-refractivity contribution is 6.33. The van der Waals surface area contributed by atoms with Crippen LogP contribution in [-0.4, -0.2) is 24.5 Å². The molecule has 0 aromatic rings. The first kappa shape index (κ1) is 13.0. The molecule has 0 saturated carbocycles. The van der Waals surface area contributed by atoms with Crippen LogP contribution in [-0.2, 0) is 9.59 Å². The van der Waals surface area contributed by atoms with Gasteiger partial charge in [0.25, 0.3) is 5.91 Å². The Morgan fingerprint density at radius 3 is 2.17 bits per heavy atom. The van der Waals surface area contributed by atoms with E-state index in [0.29, 0.717) is 6.54 Å². The molecule has 7 heteroatoms. The lowest BCUT2D eigenvalue weighted by molar-refractivity contribution is -0.300. The van der Waals surface area contributed by atoms with E-state index in [1.165, 1.54) is 5.32 Å². The van der Waals surface area contributed by atoms with E-state index in [-0.39, 0.29) is 6.15 Å². The molecule has 0 unspecified atom stereocenters. The monoisotopic (exact) mass is 177 g/mol. The van der Waals surface area contributed by atoms with Crippen LogP contribution < -0.4 is 21.9 Å². The number of quaternary nitrogens is 1. The fourth-order valence-electron chi connectivity index (χ4n) is 0.359. The second kappa shape index (κ2) is 6.10. The molecule has 3 amide bonds. The molecule has 0 aliphatic heterocycles. The number of carbonyl (C=O) groups is 3. The summed E-state index contributed by atoms with van der Waals surface area (Å²) in [6.07, 6.45) is 0. The molecule has 0 aliphatic rings. The maximum absolute atomic E-state index is 10.4. The van der Waals surface area contributed by atoms with E-state index in [4.69, 9.17) is 0 Å². The van der Waals surface area contributed by atoms with Gasteiger partial charge in [-0.25, -0.2) is 4.79 Å². The minimum absolute atomic E-state index is 0. The minimum atomic E-state index is -1.93. The zero-order chi connectivity index (χ0) is 8.85. The highest BCUT2D eigenvalue weighted by atomic mass is 16.4. The van der Waals surface area contributed by atoms with Crippen molar-refractivity contribution in [3.63, 3.8) is 0 Å². The number of amides is 3. The number of imide groups is 1. The summed E-state index contributed by atoms with van der Waals surface area (Å²) >= 11 is 0. The average molecular weight is 177 g/mol. The Hall–Kier alpha value is -1.63. The normalized spacial score (nSPS) is 7.75. The van der Waals surface area contributed by atoms with Crippen LogP contribution in [0.4, 0.5) is 4.79 Å². The minimum Gasteiger partial charge on any atom is -0.540 e. The van der Waals surface area contributed by atoms with Crippen molar-refractivity contribution in [1.29, 1.82) is 0 Å². The molecule has 0 radical (unpaired) electrons. The Labute approximate surface area is 68.7 Å². The number of carbonyl (C=O) groups excluding carboxylic acids is 3. The fraction of sp³-hybridized carbons (Fsp3) is 0.400. The summed E-state index contributed by atoms with van der Waals surface area (Å²) in [4.78, 5) is 30.4. The van der Waals surface area contributed by atoms with Gasteiger partial charge in [0.05, 0.1) is 0 Å². The molecule has 7 nitrogen and oxygen atoms in total. The van der Waals surface area contributed by atoms with E-state index in [1.54, 1.807) is 6.92 Å². The lowest BCUT2D eigenvalue weighted by Gasteiger charge is -2.03. The standard InChI is InChI=1S/C5H8N2O4.H3N/c1-2-6-5(11)7-3(8)4(9)10;/h2H2,1H3,(H,9,10)(H2,6,7,8,11);1H3. The summed E-state index contributed by atoms with van der Waals surface area (Å²) in [5, 5.41) is 13.4. The molecular weight excluding hydrogens is 166 g/mol. The maximum Gasteiger partial charge on any atom is 0.321 e. The van der Waals surface area contributed by atoms with Gasteiger partial charge in [-0.2, -0.15) is 0 Å². The van der Waals surface area contributed by atoms with Crippen LogP contribution in [0.5, 0.6) is 0 Å². The van der Waals surface area contributed by atoms with Crippen LogP contribution in [0.3, 0.4) is 0 Å². The molecule has 0 fully saturated rings. The number of hydrogen-bond donors (Lipinski definition) is 3. The van der Waals surface area contributed by atoms with Crippen molar-refractivity contribution in [1.82, 2.24) is 16.8 Å². The Bertz CT molecular complexity index is 191. The molecule has 0 rings (SSSR count). The fourth-order valence-corrected chi connectivity index (χ4v) is 0.359. The van der Waals surface area contributed by atoms with Gasteiger partial charge in [0.1, 0.15) is 5.97 Å². The molecule has 6 N–H and O–H groups in total. The number of urea groups is 1. The van der Waals surface area contributed by atoms with Gasteiger partial charge in [0.15, 0.2) is 0 Å². The summed E-state index contributed by atoms with van der Waals surface area (Å²) in [6, 6.07) is -0.846. The number of carboxylic acid groups (broad SMARTS) is 1. The van der Waals surface area contributed by atoms with Gasteiger partial charge in [-0.05, 0) is 6.92 Å². The van der Waals surface area contributed by atoms with Crippen LogP contribution in [0.2, 0.25) is 0 Å². The second-order valence-corrected chi connectivity index (χ2v) is 1.60. The first-order chi connectivity index (χ1) is 5.07. The quantitative estimate of drug-likeness (QED) is 0.397. The third-order valence-corrected chi connectivity index (χ3v) is 0.750. The largest absolute Gasteiger partial charge is 0.540 e. The third kappa shape index (κ3) is 5.18. The van der Waals surface area contributed by atoms with Crippen LogP contribution >= 0.6 is 0 Å². The van der Waals surface area contributed by atoms with Gasteiger partial charge in [0, 0.05) is 6.54 Å². The topological polar surface area (TPSA) is 135 Å². The molecule has 0 spiro atoms. The van der Waals surface area contributed by atoms with Gasteiger partial charge in [-0.15, -0.1) is 0 Å². The van der Waals surface area contributed by atoms with Gasteiger partial charge in [0.2, 0.25) is 0 Å². The van der Waals surface area contributed by atoms with E-state index in [0.717, 1.165) is 0 Å². The summed E-state index contributed by atoms with van der Waals surface area (Å²) in [7, 11) is 0. The molecule has 0 aliphatic carbocycles. The van der Waals surface area contributed by atoms with Crippen molar-refractivity contribution >= 4 is 17.9 Å². The van der Waals surface area contributed by atoms with Gasteiger partial charge >= 0.3 is 6.03 Å². The predicted octanol–water partition coefficient (Wildman–Crippen LogP) is -2.04. The number of rotatable bonds is 1. The van der Waals surface area contributed by atoms with E-state index < -0.39 is 17.9 Å². The van der Waals surface area contributed by atoms with Crippen LogP contribution in [0.15, 0.2) is 0 Å². The van der Waals surface area contributed by atoms with Crippen LogP contribution in [0.1, 0.15) is 6.92 Å². The predicted molar refractivity (Wildman–Crippen MR) is 38.2 cm³/mol. The summed E-state index contributed by atoms with van der Waals surface area (Å²) < 4.78 is 0. The molecule has 0 bridgehead atoms. The van der Waals surface area contributed by atoms with Gasteiger partial charge in [-0.3, -0.25) is 10.1 Å². The van der Waals surface area contributed by atoms with Crippen LogP contribution in [0.25, 0.3) is 0 Å². The van der Waals surface area contributed by atoms with Crippen molar-refractivity contribution in [2.75, 3.05) is 6.54 Å². The number of hydrogen-bond acceptors (Lipinski definition) is 4. The molecular formula is C5H11N3O4. The molecule has 0 aromatic carbocycles. The summed E-state index contributed by atoms with van der Waals surface area (Å²) in [6.45, 7) is 1.94. The SMILES string of the molecule is CCNC(=O)NC(=O)C(=O)[O-].[NH4+]. The number of nitrogens with one attached hydrogen (secondary N) is 2. The molecule has 70 valence electrons. The van der Waals surface area contributed by atoms with Crippen molar-refractivity contribution in [2.45, 2.75) is 6.92 Å². The highest BCUT2D eigenvalue weighted by Gasteiger charge is 2.05. The Kier molecular flexibility index (Phi) is 6.61. The van der Waals surface area contributed by atoms with Crippen molar-refractivity contribution < 1.29 is 19.5 Å². The van der Waals surface area contributed by atoms with Crippen LogP contribution in [0, 0.1) is 0 Å². The molecule has 0 atom stereocenters. The maximum atomic E-state index is 10.4. The zero-order valence-electron chi connectivity index (χ0n) is 6.84. The van der Waals surface area contributed by atoms with E-state index in [1.807, 2.05) is 0 Å². The summed E-state index contributed by atoms with van der Waals surface area (Å²) in [5.74, 6) is -3.38. The molecule has 0 heterocycles. The zero-order valence-corrected chi connectivity index (χ0v) is 6.84.